The molecule has 0 heterocycles. The third kappa shape index (κ3) is 2.72. The van der Waals surface area contributed by atoms with Gasteiger partial charge in [-0.1, -0.05) is 54.1 Å². The highest BCUT2D eigenvalue weighted by atomic mass is 35.5. The first kappa shape index (κ1) is 13.6. The summed E-state index contributed by atoms with van der Waals surface area (Å²) in [6.45, 7) is 0. The van der Waals surface area contributed by atoms with Crippen molar-refractivity contribution in [2.45, 2.75) is 24.9 Å². The maximum absolute atomic E-state index is 13.8. The molecule has 0 aromatic heterocycles. The fourth-order valence-electron chi connectivity index (χ4n) is 2.81. The normalized spacial score (nSPS) is 22.6. The molecule has 1 fully saturated rings. The second-order valence-corrected chi connectivity index (χ2v) is 5.81. The van der Waals surface area contributed by atoms with Gasteiger partial charge < -0.3 is 5.11 Å². The van der Waals surface area contributed by atoms with E-state index in [2.05, 4.69) is 12.1 Å². The van der Waals surface area contributed by atoms with Crippen molar-refractivity contribution in [1.29, 1.82) is 0 Å². The smallest absolute Gasteiger partial charge is 0.145 e. The molecule has 0 saturated heterocycles. The van der Waals surface area contributed by atoms with Crippen LogP contribution in [0.2, 0.25) is 5.02 Å². The van der Waals surface area contributed by atoms with E-state index in [0.29, 0.717) is 17.9 Å². The summed E-state index contributed by atoms with van der Waals surface area (Å²) < 4.78 is 13.8. The zero-order chi connectivity index (χ0) is 14.1. The Balaban J connectivity index is 1.67. The van der Waals surface area contributed by atoms with Gasteiger partial charge in [0.05, 0.1) is 11.1 Å². The average Bonchev–Trinajstić information content (AvgIpc) is 3.25. The summed E-state index contributed by atoms with van der Waals surface area (Å²) in [5.41, 5.74) is 1.74. The maximum Gasteiger partial charge on any atom is 0.145 e. The van der Waals surface area contributed by atoms with Crippen LogP contribution in [0.5, 0.6) is 0 Å². The molecule has 0 aliphatic heterocycles. The Morgan fingerprint density at radius 2 is 1.90 bits per heavy atom. The Bertz CT molecular complexity index is 599. The molecule has 1 aliphatic carbocycles. The Kier molecular flexibility index (Phi) is 3.77. The number of aliphatic hydroxyl groups excluding tert-OH is 1. The minimum Gasteiger partial charge on any atom is -0.392 e. The molecule has 0 amide bonds. The molecule has 1 saturated carbocycles. The molecule has 3 heteroatoms. The number of aliphatic hydroxyl groups is 1. The van der Waals surface area contributed by atoms with E-state index in [-0.39, 0.29) is 10.9 Å². The molecule has 2 aromatic rings. The lowest BCUT2D eigenvalue weighted by atomic mass is 10.0. The lowest BCUT2D eigenvalue weighted by molar-refractivity contribution is 0.148. The molecule has 20 heavy (non-hydrogen) atoms. The number of rotatable bonds is 4. The Morgan fingerprint density at radius 3 is 2.65 bits per heavy atom. The van der Waals surface area contributed by atoms with Crippen LogP contribution in [0.4, 0.5) is 4.39 Å². The molecule has 3 atom stereocenters. The first-order chi connectivity index (χ1) is 9.66. The monoisotopic (exact) mass is 290 g/mol. The van der Waals surface area contributed by atoms with Crippen molar-refractivity contribution in [3.8, 4) is 0 Å². The molecule has 3 rings (SSSR count). The summed E-state index contributed by atoms with van der Waals surface area (Å²) in [5, 5.41) is 10.4. The van der Waals surface area contributed by atoms with Crippen molar-refractivity contribution >= 4 is 11.6 Å². The molecule has 1 aliphatic rings. The van der Waals surface area contributed by atoms with Gasteiger partial charge in [-0.3, -0.25) is 0 Å². The van der Waals surface area contributed by atoms with Gasteiger partial charge in [-0.2, -0.15) is 0 Å². The third-order valence-corrected chi connectivity index (χ3v) is 4.31. The van der Waals surface area contributed by atoms with Gasteiger partial charge in [0.15, 0.2) is 0 Å². The quantitative estimate of drug-likeness (QED) is 0.895. The predicted molar refractivity (Wildman–Crippen MR) is 78.4 cm³/mol. The Labute approximate surface area is 123 Å². The van der Waals surface area contributed by atoms with Gasteiger partial charge in [0.25, 0.3) is 0 Å². The van der Waals surface area contributed by atoms with E-state index in [9.17, 15) is 9.50 Å². The molecule has 0 radical (unpaired) electrons. The molecule has 0 bridgehead atoms. The molecule has 104 valence electrons. The third-order valence-electron chi connectivity index (χ3n) is 4.02. The topological polar surface area (TPSA) is 20.2 Å². The van der Waals surface area contributed by atoms with Crippen molar-refractivity contribution in [2.75, 3.05) is 0 Å². The first-order valence-electron chi connectivity index (χ1n) is 6.82. The summed E-state index contributed by atoms with van der Waals surface area (Å²) in [6, 6.07) is 15.1. The van der Waals surface area contributed by atoms with Crippen molar-refractivity contribution in [2.24, 2.45) is 5.92 Å². The Hall–Kier alpha value is -1.38. The zero-order valence-electron chi connectivity index (χ0n) is 11.0. The van der Waals surface area contributed by atoms with E-state index in [4.69, 9.17) is 11.6 Å². The summed E-state index contributed by atoms with van der Waals surface area (Å²) in [5.74, 6) is 0.203. The number of hydrogen-bond donors (Lipinski definition) is 1. The van der Waals surface area contributed by atoms with Gasteiger partial charge in [-0.25, -0.2) is 4.39 Å². The fourth-order valence-corrected chi connectivity index (χ4v) is 3.00. The molecule has 1 N–H and O–H groups in total. The molecular formula is C17H16ClFO. The minimum absolute atomic E-state index is 0.116. The highest BCUT2D eigenvalue weighted by Gasteiger charge is 2.43. The highest BCUT2D eigenvalue weighted by Crippen LogP contribution is 2.50. The van der Waals surface area contributed by atoms with Crippen LogP contribution < -0.4 is 0 Å². The van der Waals surface area contributed by atoms with Gasteiger partial charge in [0.2, 0.25) is 0 Å². The van der Waals surface area contributed by atoms with E-state index in [0.717, 1.165) is 6.42 Å². The zero-order valence-corrected chi connectivity index (χ0v) is 11.7. The summed E-state index contributed by atoms with van der Waals surface area (Å²) in [4.78, 5) is 0. The summed E-state index contributed by atoms with van der Waals surface area (Å²) in [7, 11) is 0. The van der Waals surface area contributed by atoms with Crippen LogP contribution in [-0.2, 0) is 6.42 Å². The van der Waals surface area contributed by atoms with Gasteiger partial charge in [-0.15, -0.1) is 0 Å². The molecule has 3 unspecified atom stereocenters. The highest BCUT2D eigenvalue weighted by molar-refractivity contribution is 6.30. The number of benzene rings is 2. The van der Waals surface area contributed by atoms with Crippen LogP contribution >= 0.6 is 11.6 Å². The Morgan fingerprint density at radius 1 is 1.15 bits per heavy atom. The maximum atomic E-state index is 13.8. The van der Waals surface area contributed by atoms with Crippen molar-refractivity contribution in [3.63, 3.8) is 0 Å². The van der Waals surface area contributed by atoms with Crippen LogP contribution in [0.25, 0.3) is 0 Å². The molecule has 0 spiro atoms. The van der Waals surface area contributed by atoms with E-state index in [1.807, 2.05) is 18.2 Å². The standard InChI is InChI=1S/C17H16ClFO/c18-15-8-4-7-12(17(15)19)9-16(20)14-10-13(14)11-5-2-1-3-6-11/h1-8,13-14,16,20H,9-10H2. The largest absolute Gasteiger partial charge is 0.392 e. The lowest BCUT2D eigenvalue weighted by Gasteiger charge is -2.12. The van der Waals surface area contributed by atoms with Crippen molar-refractivity contribution < 1.29 is 9.50 Å². The van der Waals surface area contributed by atoms with E-state index >= 15 is 0 Å². The number of halogens is 2. The van der Waals surface area contributed by atoms with Crippen LogP contribution in [0, 0.1) is 11.7 Å². The second kappa shape index (κ2) is 5.55. The van der Waals surface area contributed by atoms with Crippen molar-refractivity contribution in [1.82, 2.24) is 0 Å². The SMILES string of the molecule is OC(Cc1cccc(Cl)c1F)C1CC1c1ccccc1. The first-order valence-corrected chi connectivity index (χ1v) is 7.20. The average molecular weight is 291 g/mol. The van der Waals surface area contributed by atoms with Crippen molar-refractivity contribution in [3.05, 3.63) is 70.5 Å². The van der Waals surface area contributed by atoms with Gasteiger partial charge in [-0.05, 0) is 35.4 Å². The van der Waals surface area contributed by atoms with Gasteiger partial charge in [0.1, 0.15) is 5.82 Å². The van der Waals surface area contributed by atoms with E-state index in [1.54, 1.807) is 12.1 Å². The van der Waals surface area contributed by atoms with Gasteiger partial charge in [0, 0.05) is 6.42 Å². The van der Waals surface area contributed by atoms with Crippen LogP contribution in [-0.4, -0.2) is 11.2 Å². The summed E-state index contributed by atoms with van der Waals surface area (Å²) >= 11 is 5.76. The van der Waals surface area contributed by atoms with Crippen LogP contribution in [0.1, 0.15) is 23.5 Å². The molecule has 2 aromatic carbocycles. The lowest BCUT2D eigenvalue weighted by Crippen LogP contribution is -2.15. The van der Waals surface area contributed by atoms with Crippen LogP contribution in [0.15, 0.2) is 48.5 Å². The van der Waals surface area contributed by atoms with E-state index in [1.165, 1.54) is 11.6 Å². The fraction of sp³-hybridized carbons (Fsp3) is 0.294. The van der Waals surface area contributed by atoms with E-state index < -0.39 is 11.9 Å². The second-order valence-electron chi connectivity index (χ2n) is 5.40. The van der Waals surface area contributed by atoms with Crippen LogP contribution in [0.3, 0.4) is 0 Å². The molecular weight excluding hydrogens is 275 g/mol. The molecule has 1 nitrogen and oxygen atoms in total. The van der Waals surface area contributed by atoms with Gasteiger partial charge >= 0.3 is 0 Å². The summed E-state index contributed by atoms with van der Waals surface area (Å²) in [6.07, 6.45) is 0.765. The minimum atomic E-state index is -0.520. The number of hydrogen-bond acceptors (Lipinski definition) is 1. The predicted octanol–water partition coefficient (Wildman–Crippen LogP) is 4.19.